The van der Waals surface area contributed by atoms with Crippen LogP contribution in [0.3, 0.4) is 0 Å². The number of rotatable bonds is 5. The zero-order valence-electron chi connectivity index (χ0n) is 15.3. The van der Waals surface area contributed by atoms with Gasteiger partial charge in [0.2, 0.25) is 0 Å². The SMILES string of the molecule is O=C(NCc1cc(F)ccc1F)c1n[nH]c2ncnc(N[C@@H]3CC(F)(F)C[C@H]3O)c12. The zero-order chi connectivity index (χ0) is 21.5. The minimum Gasteiger partial charge on any atom is -0.391 e. The fraction of sp³-hybridized carbons (Fsp3) is 0.333. The fourth-order valence-corrected chi connectivity index (χ4v) is 3.38. The third kappa shape index (κ3) is 3.90. The number of hydrogen-bond acceptors (Lipinski definition) is 6. The van der Waals surface area contributed by atoms with Gasteiger partial charge in [0, 0.05) is 24.9 Å². The Morgan fingerprint density at radius 3 is 2.80 bits per heavy atom. The van der Waals surface area contributed by atoms with Gasteiger partial charge in [-0.1, -0.05) is 0 Å². The minimum absolute atomic E-state index is 0.0394. The van der Waals surface area contributed by atoms with Crippen LogP contribution in [0.1, 0.15) is 28.9 Å². The van der Waals surface area contributed by atoms with Crippen LogP contribution in [-0.4, -0.2) is 49.2 Å². The standard InChI is InChI=1S/C18H16F4N6O2/c19-9-1-2-10(20)8(3-9)6-23-17(30)14-13-15(24-7-25-16(13)28-27-14)26-11-4-18(21,22)5-12(11)29/h1-3,7,11-12,29H,4-6H2,(H,23,30)(H2,24,25,26,27,28)/t11-,12-/m1/s1. The number of benzene rings is 1. The number of aromatic amines is 1. The van der Waals surface area contributed by atoms with Gasteiger partial charge in [-0.05, 0) is 18.2 Å². The van der Waals surface area contributed by atoms with Gasteiger partial charge in [0.25, 0.3) is 11.8 Å². The van der Waals surface area contributed by atoms with Crippen molar-refractivity contribution in [1.82, 2.24) is 25.5 Å². The van der Waals surface area contributed by atoms with E-state index in [1.54, 1.807) is 0 Å². The molecule has 0 radical (unpaired) electrons. The summed E-state index contributed by atoms with van der Waals surface area (Å²) >= 11 is 0. The number of carbonyl (C=O) groups is 1. The number of H-pyrrole nitrogens is 1. The number of aromatic nitrogens is 4. The molecule has 1 saturated carbocycles. The molecular formula is C18H16F4N6O2. The van der Waals surface area contributed by atoms with E-state index in [4.69, 9.17) is 0 Å². The van der Waals surface area contributed by atoms with E-state index in [0.29, 0.717) is 0 Å². The second-order valence-electron chi connectivity index (χ2n) is 7.02. The summed E-state index contributed by atoms with van der Waals surface area (Å²) in [5.41, 5.74) is -0.0629. The van der Waals surface area contributed by atoms with Crippen molar-refractivity contribution in [3.8, 4) is 0 Å². The Kier molecular flexibility index (Phi) is 5.02. The predicted molar refractivity (Wildman–Crippen MR) is 96.8 cm³/mol. The highest BCUT2D eigenvalue weighted by atomic mass is 19.3. The van der Waals surface area contributed by atoms with Crippen LogP contribution in [0.5, 0.6) is 0 Å². The van der Waals surface area contributed by atoms with E-state index < -0.39 is 48.5 Å². The predicted octanol–water partition coefficient (Wildman–Crippen LogP) is 2.13. The highest BCUT2D eigenvalue weighted by Gasteiger charge is 2.46. The average Bonchev–Trinajstić information content (AvgIpc) is 3.23. The number of alkyl halides is 2. The van der Waals surface area contributed by atoms with Gasteiger partial charge in [-0.15, -0.1) is 0 Å². The molecule has 0 bridgehead atoms. The molecule has 30 heavy (non-hydrogen) atoms. The largest absolute Gasteiger partial charge is 0.391 e. The Morgan fingerprint density at radius 1 is 1.27 bits per heavy atom. The van der Waals surface area contributed by atoms with Crippen molar-refractivity contribution in [3.63, 3.8) is 0 Å². The summed E-state index contributed by atoms with van der Waals surface area (Å²) in [7, 11) is 0. The van der Waals surface area contributed by atoms with E-state index >= 15 is 0 Å². The lowest BCUT2D eigenvalue weighted by atomic mass is 10.2. The van der Waals surface area contributed by atoms with E-state index in [1.165, 1.54) is 0 Å². The molecule has 4 rings (SSSR count). The molecule has 1 aromatic carbocycles. The number of fused-ring (bicyclic) bond motifs is 1. The number of amides is 1. The van der Waals surface area contributed by atoms with Gasteiger partial charge < -0.3 is 15.7 Å². The maximum atomic E-state index is 13.8. The Hall–Kier alpha value is -3.28. The molecule has 0 spiro atoms. The summed E-state index contributed by atoms with van der Waals surface area (Å²) in [5, 5.41) is 21.6. The van der Waals surface area contributed by atoms with Crippen molar-refractivity contribution in [2.45, 2.75) is 37.5 Å². The first-order chi connectivity index (χ1) is 14.2. The zero-order valence-corrected chi connectivity index (χ0v) is 15.3. The number of nitrogens with zero attached hydrogens (tertiary/aromatic N) is 3. The quantitative estimate of drug-likeness (QED) is 0.467. The van der Waals surface area contributed by atoms with Gasteiger partial charge in [0.05, 0.1) is 17.5 Å². The summed E-state index contributed by atoms with van der Waals surface area (Å²) in [4.78, 5) is 20.5. The number of halogens is 4. The Balaban J connectivity index is 1.57. The normalized spacial score (nSPS) is 20.4. The fourth-order valence-electron chi connectivity index (χ4n) is 3.38. The van der Waals surface area contributed by atoms with Gasteiger partial charge in [-0.25, -0.2) is 27.5 Å². The van der Waals surface area contributed by atoms with Gasteiger partial charge in [0.15, 0.2) is 11.3 Å². The Labute approximate surface area is 166 Å². The van der Waals surface area contributed by atoms with Crippen molar-refractivity contribution in [1.29, 1.82) is 0 Å². The monoisotopic (exact) mass is 424 g/mol. The molecule has 2 atom stereocenters. The van der Waals surface area contributed by atoms with Crippen molar-refractivity contribution in [3.05, 3.63) is 47.4 Å². The highest BCUT2D eigenvalue weighted by Crippen LogP contribution is 2.37. The van der Waals surface area contributed by atoms with Crippen molar-refractivity contribution < 1.29 is 27.5 Å². The van der Waals surface area contributed by atoms with Crippen LogP contribution >= 0.6 is 0 Å². The van der Waals surface area contributed by atoms with Crippen LogP contribution in [0.2, 0.25) is 0 Å². The molecule has 2 heterocycles. The second-order valence-corrected chi connectivity index (χ2v) is 7.02. The number of aliphatic hydroxyl groups excluding tert-OH is 1. The molecule has 1 fully saturated rings. The first-order valence-electron chi connectivity index (χ1n) is 8.97. The van der Waals surface area contributed by atoms with Gasteiger partial charge >= 0.3 is 0 Å². The molecule has 4 N–H and O–H groups in total. The lowest BCUT2D eigenvalue weighted by molar-refractivity contribution is -0.00352. The molecule has 3 aromatic rings. The van der Waals surface area contributed by atoms with E-state index in [9.17, 15) is 27.5 Å². The van der Waals surface area contributed by atoms with E-state index in [-0.39, 0.29) is 34.7 Å². The summed E-state index contributed by atoms with van der Waals surface area (Å²) in [6.07, 6.45) is -1.44. The smallest absolute Gasteiger partial charge is 0.272 e. The number of hydrogen-bond donors (Lipinski definition) is 4. The first-order valence-corrected chi connectivity index (χ1v) is 8.97. The maximum absolute atomic E-state index is 13.8. The second kappa shape index (κ2) is 7.52. The molecule has 158 valence electrons. The number of carbonyl (C=O) groups excluding carboxylic acids is 1. The summed E-state index contributed by atoms with van der Waals surface area (Å²) in [6.45, 7) is -0.305. The number of aliphatic hydroxyl groups is 1. The summed E-state index contributed by atoms with van der Waals surface area (Å²) < 4.78 is 54.2. The van der Waals surface area contributed by atoms with Crippen LogP contribution in [0, 0.1) is 11.6 Å². The average molecular weight is 424 g/mol. The van der Waals surface area contributed by atoms with Crippen molar-refractivity contribution >= 4 is 22.8 Å². The van der Waals surface area contributed by atoms with E-state index in [2.05, 4.69) is 30.8 Å². The van der Waals surface area contributed by atoms with Crippen molar-refractivity contribution in [2.75, 3.05) is 5.32 Å². The molecule has 1 aliphatic rings. The topological polar surface area (TPSA) is 116 Å². The molecular weight excluding hydrogens is 408 g/mol. The Bertz CT molecular complexity index is 1110. The lowest BCUT2D eigenvalue weighted by Gasteiger charge is -2.17. The molecule has 0 aliphatic heterocycles. The number of nitrogens with one attached hydrogen (secondary N) is 3. The molecule has 1 aliphatic carbocycles. The van der Waals surface area contributed by atoms with E-state index in [0.717, 1.165) is 24.5 Å². The maximum Gasteiger partial charge on any atom is 0.272 e. The lowest BCUT2D eigenvalue weighted by Crippen LogP contribution is -2.29. The van der Waals surface area contributed by atoms with Crippen molar-refractivity contribution in [2.24, 2.45) is 0 Å². The minimum atomic E-state index is -3.02. The molecule has 8 nitrogen and oxygen atoms in total. The molecule has 0 saturated heterocycles. The molecule has 0 unspecified atom stereocenters. The highest BCUT2D eigenvalue weighted by molar-refractivity contribution is 6.07. The van der Waals surface area contributed by atoms with Crippen LogP contribution in [0.4, 0.5) is 23.4 Å². The van der Waals surface area contributed by atoms with Crippen LogP contribution in [0.25, 0.3) is 11.0 Å². The van der Waals surface area contributed by atoms with Crippen LogP contribution in [-0.2, 0) is 6.54 Å². The molecule has 2 aromatic heterocycles. The molecule has 12 heteroatoms. The third-order valence-corrected chi connectivity index (χ3v) is 4.83. The number of anilines is 1. The summed E-state index contributed by atoms with van der Waals surface area (Å²) in [6, 6.07) is 1.87. The van der Waals surface area contributed by atoms with Gasteiger partial charge in [-0.2, -0.15) is 5.10 Å². The first kappa shape index (κ1) is 20.0. The van der Waals surface area contributed by atoms with E-state index in [1.807, 2.05) is 0 Å². The molecule has 1 amide bonds. The van der Waals surface area contributed by atoms with Crippen LogP contribution in [0.15, 0.2) is 24.5 Å². The Morgan fingerprint density at radius 2 is 2.07 bits per heavy atom. The van der Waals surface area contributed by atoms with Crippen LogP contribution < -0.4 is 10.6 Å². The third-order valence-electron chi connectivity index (χ3n) is 4.83. The summed E-state index contributed by atoms with van der Waals surface area (Å²) in [5.74, 6) is -5.06. The van der Waals surface area contributed by atoms with Gasteiger partial charge in [-0.3, -0.25) is 9.89 Å². The van der Waals surface area contributed by atoms with Gasteiger partial charge in [0.1, 0.15) is 23.8 Å².